The summed E-state index contributed by atoms with van der Waals surface area (Å²) in [7, 11) is 0. The van der Waals surface area contributed by atoms with Gasteiger partial charge in [-0.2, -0.15) is 0 Å². The fourth-order valence-corrected chi connectivity index (χ4v) is 18.3. The third-order valence-corrected chi connectivity index (χ3v) is 25.0. The molecule has 2 nitrogen and oxygen atoms in total. The van der Waals surface area contributed by atoms with Gasteiger partial charge in [-0.15, -0.1) is 0 Å². The van der Waals surface area contributed by atoms with Gasteiger partial charge in [0.1, 0.15) is 0 Å². The molecular weight excluding hydrogens is 1470 g/mol. The Kier molecular flexibility index (Phi) is 20.2. The molecule has 2 heteroatoms. The second-order valence-electron chi connectivity index (χ2n) is 33.2. The topological polar surface area (TPSA) is 6.48 Å². The second kappa shape index (κ2) is 32.6. The minimum atomic E-state index is -0.197. The van der Waals surface area contributed by atoms with Crippen molar-refractivity contribution in [2.24, 2.45) is 0 Å². The number of hydrogen-bond acceptors (Lipinski definition) is 2. The van der Waals surface area contributed by atoms with Gasteiger partial charge in [0.15, 0.2) is 0 Å². The molecule has 2 aliphatic carbocycles. The Morgan fingerprint density at radius 1 is 0.123 bits per heavy atom. The largest absolute Gasteiger partial charge is 0.310 e. The second-order valence-corrected chi connectivity index (χ2v) is 33.2. The average molecular weight is 1560 g/mol. The summed E-state index contributed by atoms with van der Waals surface area (Å²) in [6.45, 7) is 9.51. The lowest BCUT2D eigenvalue weighted by Crippen LogP contribution is -2.16. The number of benzene rings is 19. The zero-order valence-corrected chi connectivity index (χ0v) is 68.9. The highest BCUT2D eigenvalue weighted by Crippen LogP contribution is 2.54. The summed E-state index contributed by atoms with van der Waals surface area (Å²) >= 11 is 0. The molecule has 19 aromatic rings. The van der Waals surface area contributed by atoms with E-state index in [2.05, 4.69) is 511 Å². The van der Waals surface area contributed by atoms with E-state index in [1.807, 2.05) is 0 Å². The Hall–Kier alpha value is -15.2. The zero-order valence-electron chi connectivity index (χ0n) is 68.9. The van der Waals surface area contributed by atoms with Gasteiger partial charge >= 0.3 is 0 Å². The monoisotopic (exact) mass is 1560 g/mol. The van der Waals surface area contributed by atoms with E-state index in [0.29, 0.717) is 0 Å². The zero-order chi connectivity index (χ0) is 82.1. The van der Waals surface area contributed by atoms with Gasteiger partial charge in [-0.1, -0.05) is 410 Å². The van der Waals surface area contributed by atoms with Crippen molar-refractivity contribution < 1.29 is 0 Å². The van der Waals surface area contributed by atoms with Crippen molar-refractivity contribution in [3.05, 3.63) is 495 Å². The van der Waals surface area contributed by atoms with E-state index in [1.165, 1.54) is 167 Å². The van der Waals surface area contributed by atoms with Gasteiger partial charge in [0.2, 0.25) is 0 Å². The highest BCUT2D eigenvalue weighted by atomic mass is 15.1. The van der Waals surface area contributed by atoms with Crippen LogP contribution in [0.2, 0.25) is 0 Å². The van der Waals surface area contributed by atoms with Crippen LogP contribution in [-0.2, 0) is 10.8 Å². The van der Waals surface area contributed by atoms with Crippen LogP contribution in [0.4, 0.5) is 34.1 Å². The van der Waals surface area contributed by atoms with Gasteiger partial charge in [-0.05, 0) is 258 Å². The molecule has 0 amide bonds. The maximum atomic E-state index is 2.43. The van der Waals surface area contributed by atoms with Gasteiger partial charge in [-0.3, -0.25) is 0 Å². The first-order valence-corrected chi connectivity index (χ1v) is 42.4. The van der Waals surface area contributed by atoms with E-state index >= 15 is 0 Å². The average Bonchev–Trinajstić information content (AvgIpc) is 1.57. The van der Waals surface area contributed by atoms with Crippen molar-refractivity contribution in [1.29, 1.82) is 0 Å². The Morgan fingerprint density at radius 3 is 0.500 bits per heavy atom. The minimum absolute atomic E-state index is 0.183. The molecule has 0 radical (unpaired) electrons. The molecule has 21 rings (SSSR count). The van der Waals surface area contributed by atoms with Crippen LogP contribution in [0.25, 0.3) is 145 Å². The Morgan fingerprint density at radius 2 is 0.270 bits per heavy atom. The fourth-order valence-electron chi connectivity index (χ4n) is 18.3. The molecule has 0 unspecified atom stereocenters. The summed E-state index contributed by atoms with van der Waals surface area (Å²) in [5.74, 6) is 0. The number of nitrogens with zero attached hydrogens (tertiary/aromatic N) is 2. The van der Waals surface area contributed by atoms with E-state index in [9.17, 15) is 0 Å². The van der Waals surface area contributed by atoms with Gasteiger partial charge in [-0.25, -0.2) is 0 Å². The summed E-state index contributed by atoms with van der Waals surface area (Å²) in [5.41, 5.74) is 43.8. The smallest absolute Gasteiger partial charge is 0.0465 e. The highest BCUT2D eigenvalue weighted by Gasteiger charge is 2.38. The maximum Gasteiger partial charge on any atom is 0.0465 e. The predicted molar refractivity (Wildman–Crippen MR) is 517 cm³/mol. The lowest BCUT2D eigenvalue weighted by atomic mass is 9.81. The fraction of sp³-hybridized carbons (Fsp3) is 0.0500. The number of anilines is 6. The van der Waals surface area contributed by atoms with Crippen LogP contribution in [0.15, 0.2) is 473 Å². The molecule has 0 saturated carbocycles. The van der Waals surface area contributed by atoms with Gasteiger partial charge in [0.25, 0.3) is 0 Å². The molecule has 0 atom stereocenters. The van der Waals surface area contributed by atoms with Crippen LogP contribution in [0.5, 0.6) is 0 Å². The van der Waals surface area contributed by atoms with E-state index in [0.717, 1.165) is 34.1 Å². The summed E-state index contributed by atoms with van der Waals surface area (Å²) in [6.07, 6.45) is 0. The summed E-state index contributed by atoms with van der Waals surface area (Å²) in [4.78, 5) is 4.81. The molecule has 19 aromatic carbocycles. The van der Waals surface area contributed by atoms with Crippen molar-refractivity contribution in [1.82, 2.24) is 0 Å². The first-order chi connectivity index (χ1) is 59.9. The molecule has 0 heterocycles. The van der Waals surface area contributed by atoms with Gasteiger partial charge in [0.05, 0.1) is 0 Å². The van der Waals surface area contributed by atoms with Crippen molar-refractivity contribution in [2.45, 2.75) is 38.5 Å². The number of hydrogen-bond donors (Lipinski definition) is 0. The number of fused-ring (bicyclic) bond motifs is 6. The molecular formula is C120H90N2. The molecule has 0 N–H and O–H groups in total. The van der Waals surface area contributed by atoms with Crippen molar-refractivity contribution in [2.75, 3.05) is 9.80 Å². The SMILES string of the molecule is CC1(C)c2cc(-c3ccc(-c4ccccc4)cc3)ccc2-c2ccc(N(c3ccc(-c4ccc(-c5ccccc5)cc4)cc3)c3ccc(-c4ccc(-c5ccccc5)cc4)cc3)cc21.CC1(C)c2cc(-c3ccc(-c4ccccc4)cc3)ccc2-c2ccc(N(c3ccc(-c4ccccc4)cc3)c3ccc(-c4cccc(-c5ccccc5)c4)cc3)cc21. The van der Waals surface area contributed by atoms with Crippen LogP contribution in [0, 0.1) is 0 Å². The van der Waals surface area contributed by atoms with Crippen LogP contribution in [0.3, 0.4) is 0 Å². The minimum Gasteiger partial charge on any atom is -0.310 e. The third-order valence-electron chi connectivity index (χ3n) is 25.0. The number of rotatable bonds is 17. The van der Waals surface area contributed by atoms with Crippen LogP contribution in [0.1, 0.15) is 49.9 Å². The van der Waals surface area contributed by atoms with Crippen LogP contribution in [-0.4, -0.2) is 0 Å². The molecule has 0 saturated heterocycles. The first-order valence-electron chi connectivity index (χ1n) is 42.4. The molecule has 0 spiro atoms. The first kappa shape index (κ1) is 75.5. The predicted octanol–water partition coefficient (Wildman–Crippen LogP) is 33.3. The van der Waals surface area contributed by atoms with E-state index in [-0.39, 0.29) is 10.8 Å². The maximum absolute atomic E-state index is 2.43. The lowest BCUT2D eigenvalue weighted by Gasteiger charge is -2.28. The highest BCUT2D eigenvalue weighted by molar-refractivity contribution is 5.92. The van der Waals surface area contributed by atoms with Crippen molar-refractivity contribution >= 4 is 34.1 Å². The molecule has 0 aromatic heterocycles. The van der Waals surface area contributed by atoms with Gasteiger partial charge in [0, 0.05) is 45.0 Å². The molecule has 122 heavy (non-hydrogen) atoms. The van der Waals surface area contributed by atoms with Crippen LogP contribution >= 0.6 is 0 Å². The lowest BCUT2D eigenvalue weighted by molar-refractivity contribution is 0.660. The molecule has 0 fully saturated rings. The quantitative estimate of drug-likeness (QED) is 0.0896. The van der Waals surface area contributed by atoms with E-state index in [1.54, 1.807) is 0 Å². The van der Waals surface area contributed by atoms with Crippen molar-refractivity contribution in [3.63, 3.8) is 0 Å². The molecule has 2 aliphatic rings. The molecule has 0 bridgehead atoms. The normalized spacial score (nSPS) is 12.4. The molecule has 0 aliphatic heterocycles. The third kappa shape index (κ3) is 14.9. The van der Waals surface area contributed by atoms with Gasteiger partial charge < -0.3 is 9.80 Å². The summed E-state index contributed by atoms with van der Waals surface area (Å²) in [6, 6.07) is 172. The van der Waals surface area contributed by atoms with Crippen molar-refractivity contribution in [3.8, 4) is 145 Å². The van der Waals surface area contributed by atoms with E-state index in [4.69, 9.17) is 0 Å². The van der Waals surface area contributed by atoms with Crippen LogP contribution < -0.4 is 9.80 Å². The summed E-state index contributed by atoms with van der Waals surface area (Å²) < 4.78 is 0. The Balaban J connectivity index is 0.000000156. The summed E-state index contributed by atoms with van der Waals surface area (Å²) in [5, 5.41) is 0. The Bertz CT molecular complexity index is 6780. The molecule has 580 valence electrons. The Labute approximate surface area is 717 Å². The standard InChI is InChI=1S/C63H47N.C57H43N/c1-63(2)61-42-55(54-28-26-49(27-29-54)46-16-10-5-11-17-46)34-40-59(61)60-41-39-58(43-62(60)63)64(56-35-30-52(31-36-56)50-22-18-47(19-23-50)44-12-6-3-7-13-44)57-37-32-53(33-38-57)51-24-20-48(21-25-51)45-14-8-4-9-15-45;1-57(2)55-38-49(45-23-21-43(22-24-45)40-13-6-3-7-14-40)29-35-53(55)54-36-34-52(39-56(54)57)58(50-30-25-44(26-31-50)41-15-8-4-9-16-41)51-32-27-46(28-33-51)48-20-12-19-47(37-48)42-17-10-5-11-18-42/h3-43H,1-2H3;3-39H,1-2H3. The van der Waals surface area contributed by atoms with E-state index < -0.39 is 0 Å².